The van der Waals surface area contributed by atoms with Gasteiger partial charge in [-0.3, -0.25) is 4.98 Å². The summed E-state index contributed by atoms with van der Waals surface area (Å²) >= 11 is 1.85. The Bertz CT molecular complexity index is 3240. The molecular weight excluding hydrogens is 703 g/mol. The summed E-state index contributed by atoms with van der Waals surface area (Å²) in [6.07, 6.45) is 3.64. The lowest BCUT2D eigenvalue weighted by Crippen LogP contribution is -1.96. The molecule has 0 fully saturated rings. The van der Waals surface area contributed by atoms with Crippen LogP contribution in [0.4, 0.5) is 0 Å². The van der Waals surface area contributed by atoms with Gasteiger partial charge in [-0.05, 0) is 76.3 Å². The molecule has 0 N–H and O–H groups in total. The average Bonchev–Trinajstić information content (AvgIpc) is 3.86. The monoisotopic (exact) mass is 733 g/mol. The molecule has 0 unspecified atom stereocenters. The second-order valence-electron chi connectivity index (χ2n) is 14.0. The lowest BCUT2D eigenvalue weighted by Gasteiger charge is -2.12. The number of benzene rings is 7. The summed E-state index contributed by atoms with van der Waals surface area (Å²) in [7, 11) is 0. The van der Waals surface area contributed by atoms with Crippen LogP contribution in [0.25, 0.3) is 109 Å². The summed E-state index contributed by atoms with van der Waals surface area (Å²) in [6.45, 7) is 0. The fraction of sp³-hybridized carbons (Fsp3) is 0. The van der Waals surface area contributed by atoms with Gasteiger partial charge in [-0.1, -0.05) is 127 Å². The lowest BCUT2D eigenvalue weighted by atomic mass is 9.92. The molecule has 11 aromatic rings. The van der Waals surface area contributed by atoms with Crippen LogP contribution in [0.5, 0.6) is 0 Å². The minimum absolute atomic E-state index is 0.685. The number of furan rings is 1. The van der Waals surface area contributed by atoms with Crippen LogP contribution in [0, 0.1) is 0 Å². The number of thiophene rings is 1. The third-order valence-electron chi connectivity index (χ3n) is 10.6. The Morgan fingerprint density at radius 2 is 1.04 bits per heavy atom. The van der Waals surface area contributed by atoms with Gasteiger partial charge in [0.2, 0.25) is 0 Å². The maximum atomic E-state index is 6.75. The fourth-order valence-corrected chi connectivity index (χ4v) is 9.09. The Hall–Kier alpha value is -7.21. The van der Waals surface area contributed by atoms with Crippen molar-refractivity contribution < 1.29 is 4.42 Å². The lowest BCUT2D eigenvalue weighted by molar-refractivity contribution is 0.670. The third kappa shape index (κ3) is 5.48. The zero-order chi connectivity index (χ0) is 37.0. The fourth-order valence-electron chi connectivity index (χ4n) is 7.96. The molecule has 4 nitrogen and oxygen atoms in total. The van der Waals surface area contributed by atoms with E-state index in [1.54, 1.807) is 0 Å². The van der Waals surface area contributed by atoms with Crippen LogP contribution in [-0.2, 0) is 0 Å². The maximum Gasteiger partial charge on any atom is 0.160 e. The normalized spacial score (nSPS) is 11.6. The Morgan fingerprint density at radius 3 is 1.89 bits per heavy atom. The van der Waals surface area contributed by atoms with E-state index in [-0.39, 0.29) is 0 Å². The number of nitrogens with zero attached hydrogens (tertiary/aromatic N) is 3. The van der Waals surface area contributed by atoms with Crippen molar-refractivity contribution in [3.05, 3.63) is 188 Å². The van der Waals surface area contributed by atoms with Crippen LogP contribution in [0.1, 0.15) is 0 Å². The van der Waals surface area contributed by atoms with Crippen molar-refractivity contribution in [3.63, 3.8) is 0 Å². The van der Waals surface area contributed by atoms with Crippen LogP contribution in [-0.4, -0.2) is 15.0 Å². The van der Waals surface area contributed by atoms with Crippen molar-refractivity contribution in [2.45, 2.75) is 0 Å². The van der Waals surface area contributed by atoms with Crippen molar-refractivity contribution in [3.8, 4) is 67.3 Å². The molecular formula is C51H31N3OS. The van der Waals surface area contributed by atoms with Crippen LogP contribution in [0.3, 0.4) is 0 Å². The van der Waals surface area contributed by atoms with Gasteiger partial charge in [0.25, 0.3) is 0 Å². The molecule has 0 radical (unpaired) electrons. The van der Waals surface area contributed by atoms with Gasteiger partial charge in [0.05, 0.1) is 11.4 Å². The van der Waals surface area contributed by atoms with Gasteiger partial charge in [-0.25, -0.2) is 9.97 Å². The second kappa shape index (κ2) is 13.3. The van der Waals surface area contributed by atoms with Gasteiger partial charge in [0.15, 0.2) is 5.82 Å². The molecule has 11 rings (SSSR count). The number of pyridine rings is 1. The predicted molar refractivity (Wildman–Crippen MR) is 233 cm³/mol. The molecule has 0 spiro atoms. The quantitative estimate of drug-likeness (QED) is 0.171. The molecule has 262 valence electrons. The summed E-state index contributed by atoms with van der Waals surface area (Å²) in [6, 6.07) is 61.7. The molecule has 0 bridgehead atoms. The largest absolute Gasteiger partial charge is 0.455 e. The zero-order valence-corrected chi connectivity index (χ0v) is 30.9. The first-order valence-electron chi connectivity index (χ1n) is 18.7. The van der Waals surface area contributed by atoms with E-state index in [1.807, 2.05) is 60.1 Å². The van der Waals surface area contributed by atoms with Crippen molar-refractivity contribution >= 4 is 53.4 Å². The number of para-hydroxylation sites is 1. The number of aromatic nitrogens is 3. The van der Waals surface area contributed by atoms with Crippen LogP contribution in [0.15, 0.2) is 193 Å². The van der Waals surface area contributed by atoms with Crippen LogP contribution in [0.2, 0.25) is 0 Å². The van der Waals surface area contributed by atoms with E-state index in [2.05, 4.69) is 145 Å². The van der Waals surface area contributed by atoms with E-state index in [4.69, 9.17) is 14.4 Å². The van der Waals surface area contributed by atoms with Gasteiger partial charge in [-0.2, -0.15) is 0 Å². The van der Waals surface area contributed by atoms with Crippen LogP contribution >= 0.6 is 11.3 Å². The summed E-state index contributed by atoms with van der Waals surface area (Å²) in [5.74, 6) is 0.685. The molecule has 4 heterocycles. The minimum Gasteiger partial charge on any atom is -0.455 e. The molecule has 0 saturated carbocycles. The average molecular weight is 734 g/mol. The highest BCUT2D eigenvalue weighted by Crippen LogP contribution is 2.46. The first kappa shape index (κ1) is 32.2. The Morgan fingerprint density at radius 1 is 0.393 bits per heavy atom. The highest BCUT2D eigenvalue weighted by atomic mass is 32.1. The SMILES string of the molecule is c1ccc(-c2nc(-c3ccc(-c4ccc(-c5cccc6sc7ccccc7c56)c5c4oc4ccccc45)cc3)cc(-c3cccc(-c4ccncc4)c3)n2)cc1. The van der Waals surface area contributed by atoms with Crippen molar-refractivity contribution in [2.75, 3.05) is 0 Å². The summed E-state index contributed by atoms with van der Waals surface area (Å²) in [4.78, 5) is 14.4. The topological polar surface area (TPSA) is 51.8 Å². The van der Waals surface area contributed by atoms with Gasteiger partial charge >= 0.3 is 0 Å². The van der Waals surface area contributed by atoms with Gasteiger partial charge in [0.1, 0.15) is 11.2 Å². The van der Waals surface area contributed by atoms with Crippen molar-refractivity contribution in [1.29, 1.82) is 0 Å². The Labute approximate surface area is 327 Å². The molecule has 0 aliphatic carbocycles. The summed E-state index contributed by atoms with van der Waals surface area (Å²) in [5, 5.41) is 4.82. The molecule has 0 aliphatic heterocycles. The number of fused-ring (bicyclic) bond motifs is 6. The smallest absolute Gasteiger partial charge is 0.160 e. The number of rotatable bonds is 6. The molecule has 7 aromatic carbocycles. The first-order chi connectivity index (χ1) is 27.7. The van der Waals surface area contributed by atoms with E-state index < -0.39 is 0 Å². The summed E-state index contributed by atoms with van der Waals surface area (Å²) in [5.41, 5.74) is 13.2. The van der Waals surface area contributed by atoms with Gasteiger partial charge in [0, 0.05) is 65.6 Å². The molecule has 5 heteroatoms. The number of hydrogen-bond donors (Lipinski definition) is 0. The Kier molecular flexibility index (Phi) is 7.64. The van der Waals surface area contributed by atoms with Gasteiger partial charge < -0.3 is 4.42 Å². The highest BCUT2D eigenvalue weighted by molar-refractivity contribution is 7.25. The van der Waals surface area contributed by atoms with E-state index in [9.17, 15) is 0 Å². The highest BCUT2D eigenvalue weighted by Gasteiger charge is 2.20. The standard InChI is InChI=1S/C51H31N3OS/c1-2-10-35(11-3-1)51-53-43(31-44(54-51)37-13-8-12-36(30-37)32-26-28-52-29-27-32)34-22-20-33(21-23-34)38-24-25-40(49-41-14-4-6-17-45(41)55-50(38)49)39-16-9-19-47-48(39)42-15-5-7-18-46(42)56-47/h1-31H. The molecule has 0 aliphatic rings. The molecule has 56 heavy (non-hydrogen) atoms. The maximum absolute atomic E-state index is 6.75. The predicted octanol–water partition coefficient (Wildman–Crippen LogP) is 14.1. The Balaban J connectivity index is 1.04. The number of hydrogen-bond acceptors (Lipinski definition) is 5. The van der Waals surface area contributed by atoms with E-state index >= 15 is 0 Å². The third-order valence-corrected chi connectivity index (χ3v) is 11.8. The second-order valence-corrected chi connectivity index (χ2v) is 15.0. The van der Waals surface area contributed by atoms with Crippen molar-refractivity contribution in [2.24, 2.45) is 0 Å². The molecule has 0 amide bonds. The zero-order valence-electron chi connectivity index (χ0n) is 30.1. The van der Waals surface area contributed by atoms with Gasteiger partial charge in [-0.15, -0.1) is 11.3 Å². The summed E-state index contributed by atoms with van der Waals surface area (Å²) < 4.78 is 9.33. The van der Waals surface area contributed by atoms with E-state index in [0.29, 0.717) is 5.82 Å². The molecule has 0 saturated heterocycles. The van der Waals surface area contributed by atoms with E-state index in [1.165, 1.54) is 31.3 Å². The van der Waals surface area contributed by atoms with E-state index in [0.717, 1.165) is 72.3 Å². The van der Waals surface area contributed by atoms with Crippen molar-refractivity contribution in [1.82, 2.24) is 15.0 Å². The molecule has 0 atom stereocenters. The minimum atomic E-state index is 0.685. The molecule has 4 aromatic heterocycles. The van der Waals surface area contributed by atoms with Crippen LogP contribution < -0.4 is 0 Å². The first-order valence-corrected chi connectivity index (χ1v) is 19.5.